The summed E-state index contributed by atoms with van der Waals surface area (Å²) in [5.41, 5.74) is 5.80. The van der Waals surface area contributed by atoms with E-state index in [-0.39, 0.29) is 0 Å². The van der Waals surface area contributed by atoms with Gasteiger partial charge < -0.3 is 4.98 Å². The fourth-order valence-corrected chi connectivity index (χ4v) is 4.62. The first-order valence-electron chi connectivity index (χ1n) is 8.94. The highest BCUT2D eigenvalue weighted by Gasteiger charge is 2.23. The highest BCUT2D eigenvalue weighted by atomic mass is 127. The zero-order chi connectivity index (χ0) is 18.0. The van der Waals surface area contributed by atoms with E-state index in [4.69, 9.17) is 4.98 Å². The van der Waals surface area contributed by atoms with Crippen LogP contribution in [0.25, 0.3) is 38.2 Å². The number of aromatic amines is 1. The van der Waals surface area contributed by atoms with Crippen LogP contribution in [0.2, 0.25) is 0 Å². The predicted octanol–water partition coefficient (Wildman–Crippen LogP) is 5.07. The Labute approximate surface area is 169 Å². The molecule has 0 bridgehead atoms. The second-order valence-electron chi connectivity index (χ2n) is 6.88. The quantitative estimate of drug-likeness (QED) is 0.205. The number of hydrogen-bond donors (Lipinski definition) is 2. The summed E-state index contributed by atoms with van der Waals surface area (Å²) in [6.45, 7) is 0. The van der Waals surface area contributed by atoms with E-state index in [1.54, 1.807) is 0 Å². The Morgan fingerprint density at radius 1 is 0.815 bits per heavy atom. The smallest absolute Gasteiger partial charge is 0.144 e. The van der Waals surface area contributed by atoms with Gasteiger partial charge in [0.05, 0.1) is 22.2 Å². The normalized spacial score (nSPS) is 13.4. The molecule has 0 atom stereocenters. The number of quaternary nitrogens is 1. The van der Waals surface area contributed by atoms with Gasteiger partial charge in [0.15, 0.2) is 0 Å². The van der Waals surface area contributed by atoms with Gasteiger partial charge in [-0.05, 0) is 51.6 Å². The van der Waals surface area contributed by atoms with Crippen LogP contribution in [0.4, 0.5) is 5.69 Å². The maximum absolute atomic E-state index is 5.07. The third kappa shape index (κ3) is 2.20. The summed E-state index contributed by atoms with van der Waals surface area (Å²) in [4.78, 5) is 8.70. The third-order valence-electron chi connectivity index (χ3n) is 5.36. The monoisotopic (exact) mass is 460 g/mol. The van der Waals surface area contributed by atoms with Gasteiger partial charge in [0, 0.05) is 20.4 Å². The fraction of sp³-hybridized carbons (Fsp3) is 0. The average Bonchev–Trinajstić information content (AvgIpc) is 3.32. The summed E-state index contributed by atoms with van der Waals surface area (Å²) in [5, 5.41) is 7.10. The molecular weight excluding hydrogens is 445 g/mol. The second kappa shape index (κ2) is 5.65. The highest BCUT2D eigenvalue weighted by molar-refractivity contribution is 14.1. The van der Waals surface area contributed by atoms with E-state index < -0.39 is 0 Å². The molecule has 0 saturated carbocycles. The van der Waals surface area contributed by atoms with Crippen LogP contribution >= 0.6 is 22.6 Å². The van der Waals surface area contributed by atoms with Crippen LogP contribution in [0.3, 0.4) is 0 Å². The van der Waals surface area contributed by atoms with Crippen molar-refractivity contribution in [3.63, 3.8) is 0 Å². The summed E-state index contributed by atoms with van der Waals surface area (Å²) in [7, 11) is 0. The number of para-hydroxylation sites is 1. The summed E-state index contributed by atoms with van der Waals surface area (Å²) in [6.07, 6.45) is 2.16. The van der Waals surface area contributed by atoms with Crippen LogP contribution in [0.1, 0.15) is 11.4 Å². The van der Waals surface area contributed by atoms with Gasteiger partial charge in [-0.15, -0.1) is 0 Å². The Hall–Kier alpha value is -2.70. The molecule has 4 heteroatoms. The zero-order valence-corrected chi connectivity index (χ0v) is 16.5. The van der Waals surface area contributed by atoms with Crippen molar-refractivity contribution in [3.05, 3.63) is 87.9 Å². The lowest BCUT2D eigenvalue weighted by Crippen LogP contribution is -2.69. The molecular formula is C23H15IN3+. The number of nitrogens with two attached hydrogens (primary N) is 1. The van der Waals surface area contributed by atoms with Crippen molar-refractivity contribution < 1.29 is 5.32 Å². The molecule has 1 aromatic heterocycles. The molecule has 2 heterocycles. The molecule has 3 nitrogen and oxygen atoms in total. The molecule has 0 spiro atoms. The minimum atomic E-state index is 0.933. The van der Waals surface area contributed by atoms with Crippen molar-refractivity contribution in [3.8, 4) is 0 Å². The van der Waals surface area contributed by atoms with Crippen molar-refractivity contribution in [2.24, 2.45) is 0 Å². The standard InChI is InChI=1S/C23H14IN3/c24-13-9-10-15-14-5-1-2-7-17(14)21-22(18(15)11-13)27-23(26-21)19-12-25-20-8-4-3-6-16(19)20/h1-12,25H,(H,26,27)/p+1. The van der Waals surface area contributed by atoms with Crippen LogP contribution in [0.15, 0.2) is 72.9 Å². The van der Waals surface area contributed by atoms with Crippen molar-refractivity contribution in [2.45, 2.75) is 0 Å². The lowest BCUT2D eigenvalue weighted by molar-refractivity contribution is -0.491. The van der Waals surface area contributed by atoms with Crippen LogP contribution in [0, 0.1) is 3.57 Å². The van der Waals surface area contributed by atoms with Gasteiger partial charge in [0.25, 0.3) is 0 Å². The molecule has 6 rings (SSSR count). The Morgan fingerprint density at radius 3 is 2.52 bits per heavy atom. The molecule has 0 unspecified atom stereocenters. The van der Waals surface area contributed by atoms with Crippen LogP contribution in [-0.4, -0.2) is 9.97 Å². The van der Waals surface area contributed by atoms with Gasteiger partial charge in [-0.2, -0.15) is 0 Å². The van der Waals surface area contributed by atoms with Crippen molar-refractivity contribution in [2.75, 3.05) is 0 Å². The van der Waals surface area contributed by atoms with Gasteiger partial charge in [-0.25, -0.2) is 4.98 Å². The van der Waals surface area contributed by atoms with E-state index in [1.165, 1.54) is 36.4 Å². The molecule has 27 heavy (non-hydrogen) atoms. The third-order valence-corrected chi connectivity index (χ3v) is 6.03. The van der Waals surface area contributed by atoms with E-state index in [0.29, 0.717) is 0 Å². The Bertz CT molecular complexity index is 1410. The number of fused-ring (bicyclic) bond motifs is 7. The number of hydrogen-bond acceptors (Lipinski definition) is 1. The van der Waals surface area contributed by atoms with E-state index in [0.717, 1.165) is 22.4 Å². The molecule has 5 aromatic rings. The Kier molecular flexibility index (Phi) is 3.21. The van der Waals surface area contributed by atoms with Crippen LogP contribution in [0.5, 0.6) is 0 Å². The van der Waals surface area contributed by atoms with E-state index in [1.807, 2.05) is 0 Å². The molecule has 3 N–H and O–H groups in total. The Morgan fingerprint density at radius 2 is 1.59 bits per heavy atom. The minimum absolute atomic E-state index is 0.933. The number of nitrogens with one attached hydrogen (secondary N) is 1. The van der Waals surface area contributed by atoms with Crippen molar-refractivity contribution in [1.82, 2.24) is 9.97 Å². The van der Waals surface area contributed by atoms with E-state index in [9.17, 15) is 0 Å². The molecule has 0 amide bonds. The summed E-state index contributed by atoms with van der Waals surface area (Å²) >= 11 is 2.38. The molecule has 0 fully saturated rings. The van der Waals surface area contributed by atoms with Crippen LogP contribution in [-0.2, 0) is 0 Å². The number of imidazole rings is 1. The predicted molar refractivity (Wildman–Crippen MR) is 119 cm³/mol. The zero-order valence-electron chi connectivity index (χ0n) is 14.3. The second-order valence-corrected chi connectivity index (χ2v) is 8.12. The van der Waals surface area contributed by atoms with Gasteiger partial charge in [-0.3, -0.25) is 5.32 Å². The van der Waals surface area contributed by atoms with Gasteiger partial charge >= 0.3 is 0 Å². The molecule has 4 aromatic carbocycles. The minimum Gasteiger partial charge on any atom is -0.337 e. The lowest BCUT2D eigenvalue weighted by Gasteiger charge is -2.06. The highest BCUT2D eigenvalue weighted by Crippen LogP contribution is 2.36. The van der Waals surface area contributed by atoms with Gasteiger partial charge in [0.2, 0.25) is 0 Å². The van der Waals surface area contributed by atoms with Gasteiger partial charge in [0.1, 0.15) is 17.7 Å². The molecule has 1 aliphatic rings. The number of benzene rings is 4. The van der Waals surface area contributed by atoms with Crippen molar-refractivity contribution >= 4 is 66.4 Å². The number of H-pyrrole nitrogens is 1. The van der Waals surface area contributed by atoms with E-state index in [2.05, 4.69) is 106 Å². The van der Waals surface area contributed by atoms with Crippen molar-refractivity contribution in [1.29, 1.82) is 0 Å². The first-order chi connectivity index (χ1) is 13.3. The number of rotatable bonds is 1. The Balaban J connectivity index is 1.73. The molecule has 0 radical (unpaired) electrons. The maximum Gasteiger partial charge on any atom is 0.144 e. The molecule has 0 saturated heterocycles. The molecule has 1 aliphatic heterocycles. The van der Waals surface area contributed by atoms with Gasteiger partial charge in [-0.1, -0.05) is 42.5 Å². The number of aromatic nitrogens is 2. The largest absolute Gasteiger partial charge is 0.337 e. The number of halogens is 1. The number of nitrogens with zero attached hydrogens (tertiary/aromatic N) is 1. The van der Waals surface area contributed by atoms with E-state index >= 15 is 0 Å². The maximum atomic E-state index is 5.07. The first-order valence-corrected chi connectivity index (χ1v) is 10.0. The molecule has 0 aliphatic carbocycles. The topological polar surface area (TPSA) is 45.3 Å². The summed E-state index contributed by atoms with van der Waals surface area (Å²) in [5.74, 6) is 0.933. The fourth-order valence-electron chi connectivity index (χ4n) is 4.13. The summed E-state index contributed by atoms with van der Waals surface area (Å²) in [6, 6.07) is 23.7. The molecule has 128 valence electrons. The SMILES string of the molecule is Ic1ccc2c3ccccc3c3[nH]c(C4=C[NH2+]c5ccccc54)nc3c2c1. The summed E-state index contributed by atoms with van der Waals surface area (Å²) < 4.78 is 1.22. The first kappa shape index (κ1) is 15.4. The lowest BCUT2D eigenvalue weighted by atomic mass is 10.0. The average molecular weight is 460 g/mol. The van der Waals surface area contributed by atoms with Crippen LogP contribution < -0.4 is 5.32 Å².